The minimum atomic E-state index is -0.233. The first-order chi connectivity index (χ1) is 8.79. The van der Waals surface area contributed by atoms with Crippen molar-refractivity contribution < 1.29 is 9.13 Å². The van der Waals surface area contributed by atoms with Gasteiger partial charge in [-0.05, 0) is 30.3 Å². The van der Waals surface area contributed by atoms with Crippen LogP contribution in [0, 0.1) is 5.82 Å². The Morgan fingerprint density at radius 3 is 2.67 bits per heavy atom. The van der Waals surface area contributed by atoms with Crippen LogP contribution < -0.4 is 4.74 Å². The highest BCUT2D eigenvalue weighted by Gasteiger charge is 2.09. The highest BCUT2D eigenvalue weighted by molar-refractivity contribution is 5.90. The molecule has 0 fully saturated rings. The van der Waals surface area contributed by atoms with Crippen LogP contribution in [-0.2, 0) is 0 Å². The lowest BCUT2D eigenvalue weighted by Crippen LogP contribution is -1.82. The molecule has 3 aromatic rings. The molecule has 0 aliphatic rings. The van der Waals surface area contributed by atoms with Crippen molar-refractivity contribution in [2.24, 2.45) is 0 Å². The molecule has 0 unspecified atom stereocenters. The zero-order chi connectivity index (χ0) is 12.5. The Kier molecular flexibility index (Phi) is 2.52. The average molecular weight is 241 g/mol. The number of aromatic nitrogens is 1. The number of fused-ring (bicyclic) bond motifs is 1. The predicted molar refractivity (Wildman–Crippen MR) is 70.2 cm³/mol. The van der Waals surface area contributed by atoms with Gasteiger partial charge in [-0.25, -0.2) is 4.39 Å². The number of hydrogen-bond acceptors (Lipinski definition) is 1. The van der Waals surface area contributed by atoms with Crippen LogP contribution in [0.2, 0.25) is 0 Å². The predicted octanol–water partition coefficient (Wildman–Crippen LogP) is 3.98. The van der Waals surface area contributed by atoms with Crippen molar-refractivity contribution in [3.8, 4) is 17.0 Å². The molecule has 1 N–H and O–H groups in total. The first-order valence-corrected chi connectivity index (χ1v) is 5.70. The SMILES string of the molecule is COc1cccc2[nH]c(-c3ccccc3F)cc12. The molecule has 0 saturated carbocycles. The summed E-state index contributed by atoms with van der Waals surface area (Å²) < 4.78 is 19.0. The Hall–Kier alpha value is -2.29. The van der Waals surface area contributed by atoms with Gasteiger partial charge in [-0.3, -0.25) is 0 Å². The van der Waals surface area contributed by atoms with E-state index in [1.54, 1.807) is 19.2 Å². The molecule has 3 heteroatoms. The van der Waals surface area contributed by atoms with Crippen LogP contribution in [0.4, 0.5) is 4.39 Å². The van der Waals surface area contributed by atoms with Gasteiger partial charge in [-0.1, -0.05) is 18.2 Å². The smallest absolute Gasteiger partial charge is 0.132 e. The number of H-pyrrole nitrogens is 1. The fourth-order valence-corrected chi connectivity index (χ4v) is 2.13. The summed E-state index contributed by atoms with van der Waals surface area (Å²) in [6.45, 7) is 0. The van der Waals surface area contributed by atoms with Crippen LogP contribution in [0.1, 0.15) is 0 Å². The average Bonchev–Trinajstić information content (AvgIpc) is 2.82. The van der Waals surface area contributed by atoms with Gasteiger partial charge in [0.05, 0.1) is 7.11 Å². The lowest BCUT2D eigenvalue weighted by molar-refractivity contribution is 0.420. The van der Waals surface area contributed by atoms with E-state index in [1.165, 1.54) is 6.07 Å². The molecular formula is C15H12FNO. The van der Waals surface area contributed by atoms with Gasteiger partial charge in [-0.15, -0.1) is 0 Å². The number of halogens is 1. The van der Waals surface area contributed by atoms with Gasteiger partial charge in [0.2, 0.25) is 0 Å². The zero-order valence-electron chi connectivity index (χ0n) is 9.91. The van der Waals surface area contributed by atoms with Crippen molar-refractivity contribution >= 4 is 10.9 Å². The molecule has 0 spiro atoms. The molecule has 0 aliphatic heterocycles. The first-order valence-electron chi connectivity index (χ1n) is 5.70. The summed E-state index contributed by atoms with van der Waals surface area (Å²) in [5, 5.41) is 0.957. The van der Waals surface area contributed by atoms with Crippen molar-refractivity contribution in [2.75, 3.05) is 7.11 Å². The van der Waals surface area contributed by atoms with E-state index in [0.717, 1.165) is 22.3 Å². The third-order valence-corrected chi connectivity index (χ3v) is 3.01. The number of hydrogen-bond donors (Lipinski definition) is 1. The summed E-state index contributed by atoms with van der Waals surface area (Å²) in [4.78, 5) is 3.21. The van der Waals surface area contributed by atoms with E-state index in [9.17, 15) is 4.39 Å². The first kappa shape index (κ1) is 10.8. The fourth-order valence-electron chi connectivity index (χ4n) is 2.13. The third-order valence-electron chi connectivity index (χ3n) is 3.01. The van der Waals surface area contributed by atoms with Crippen molar-refractivity contribution in [3.05, 3.63) is 54.3 Å². The fraction of sp³-hybridized carbons (Fsp3) is 0.0667. The molecule has 1 heterocycles. The summed E-state index contributed by atoms with van der Waals surface area (Å²) in [5.41, 5.74) is 2.26. The zero-order valence-corrected chi connectivity index (χ0v) is 9.91. The van der Waals surface area contributed by atoms with E-state index >= 15 is 0 Å². The van der Waals surface area contributed by atoms with Gasteiger partial charge >= 0.3 is 0 Å². The van der Waals surface area contributed by atoms with E-state index in [1.807, 2.05) is 30.3 Å². The molecule has 0 bridgehead atoms. The Bertz CT molecular complexity index is 703. The van der Waals surface area contributed by atoms with Crippen LogP contribution in [0.5, 0.6) is 5.75 Å². The number of aromatic amines is 1. The minimum absolute atomic E-state index is 0.233. The standard InChI is InChI=1S/C15H12FNO/c1-18-15-8-4-7-13-11(15)9-14(17-13)10-5-2-3-6-12(10)16/h2-9,17H,1H3. The molecule has 0 radical (unpaired) electrons. The summed E-state index contributed by atoms with van der Waals surface area (Å²) >= 11 is 0. The molecule has 2 nitrogen and oxygen atoms in total. The van der Waals surface area contributed by atoms with Crippen molar-refractivity contribution in [1.29, 1.82) is 0 Å². The van der Waals surface area contributed by atoms with E-state index in [0.29, 0.717) is 5.56 Å². The maximum atomic E-state index is 13.7. The van der Waals surface area contributed by atoms with Gasteiger partial charge in [0.15, 0.2) is 0 Å². The normalized spacial score (nSPS) is 10.8. The second-order valence-corrected chi connectivity index (χ2v) is 4.08. The quantitative estimate of drug-likeness (QED) is 0.721. The molecule has 0 atom stereocenters. The van der Waals surface area contributed by atoms with Gasteiger partial charge < -0.3 is 9.72 Å². The highest BCUT2D eigenvalue weighted by Crippen LogP contribution is 2.31. The monoisotopic (exact) mass is 241 g/mol. The molecule has 3 rings (SSSR count). The maximum Gasteiger partial charge on any atom is 0.132 e. The van der Waals surface area contributed by atoms with Crippen molar-refractivity contribution in [3.63, 3.8) is 0 Å². The van der Waals surface area contributed by atoms with Gasteiger partial charge in [0, 0.05) is 22.2 Å². The van der Waals surface area contributed by atoms with Crippen LogP contribution >= 0.6 is 0 Å². The van der Waals surface area contributed by atoms with Gasteiger partial charge in [0.1, 0.15) is 11.6 Å². The summed E-state index contributed by atoms with van der Waals surface area (Å²) in [6, 6.07) is 14.4. The molecule has 90 valence electrons. The topological polar surface area (TPSA) is 25.0 Å². The number of nitrogens with one attached hydrogen (secondary N) is 1. The number of benzene rings is 2. The molecule has 0 amide bonds. The summed E-state index contributed by atoms with van der Waals surface area (Å²) in [6.07, 6.45) is 0. The third kappa shape index (κ3) is 1.64. The highest BCUT2D eigenvalue weighted by atomic mass is 19.1. The Balaban J connectivity index is 2.23. The summed E-state index contributed by atoms with van der Waals surface area (Å²) in [5.74, 6) is 0.550. The van der Waals surface area contributed by atoms with Crippen molar-refractivity contribution in [1.82, 2.24) is 4.98 Å². The van der Waals surface area contributed by atoms with Crippen LogP contribution in [-0.4, -0.2) is 12.1 Å². The maximum absolute atomic E-state index is 13.7. The number of ether oxygens (including phenoxy) is 1. The lowest BCUT2D eigenvalue weighted by atomic mass is 10.1. The second-order valence-electron chi connectivity index (χ2n) is 4.08. The molecule has 2 aromatic carbocycles. The molecular weight excluding hydrogens is 229 g/mol. The van der Waals surface area contributed by atoms with Crippen LogP contribution in [0.25, 0.3) is 22.2 Å². The minimum Gasteiger partial charge on any atom is -0.496 e. The Morgan fingerprint density at radius 1 is 1.06 bits per heavy atom. The largest absolute Gasteiger partial charge is 0.496 e. The van der Waals surface area contributed by atoms with Gasteiger partial charge in [-0.2, -0.15) is 0 Å². The molecule has 18 heavy (non-hydrogen) atoms. The Morgan fingerprint density at radius 2 is 1.89 bits per heavy atom. The van der Waals surface area contributed by atoms with E-state index < -0.39 is 0 Å². The number of methoxy groups -OCH3 is 1. The van der Waals surface area contributed by atoms with Crippen molar-refractivity contribution in [2.45, 2.75) is 0 Å². The van der Waals surface area contributed by atoms with E-state index in [-0.39, 0.29) is 5.82 Å². The molecule has 1 aromatic heterocycles. The Labute approximate surface area is 104 Å². The molecule has 0 aliphatic carbocycles. The summed E-state index contributed by atoms with van der Waals surface area (Å²) in [7, 11) is 1.63. The van der Waals surface area contributed by atoms with Gasteiger partial charge in [0.25, 0.3) is 0 Å². The lowest BCUT2D eigenvalue weighted by Gasteiger charge is -1.99. The molecule has 0 saturated heterocycles. The second kappa shape index (κ2) is 4.18. The van der Waals surface area contributed by atoms with E-state index in [4.69, 9.17) is 4.74 Å². The van der Waals surface area contributed by atoms with Crippen LogP contribution in [0.3, 0.4) is 0 Å². The van der Waals surface area contributed by atoms with Crippen LogP contribution in [0.15, 0.2) is 48.5 Å². The number of rotatable bonds is 2. The van der Waals surface area contributed by atoms with E-state index in [2.05, 4.69) is 4.98 Å².